The van der Waals surface area contributed by atoms with Crippen LogP contribution in [0.5, 0.6) is 5.75 Å². The van der Waals surface area contributed by atoms with Crippen LogP contribution < -0.4 is 9.64 Å². The first-order valence-corrected chi connectivity index (χ1v) is 17.7. The molecule has 0 unspecified atom stereocenters. The topological polar surface area (TPSA) is 116 Å². The Bertz CT molecular complexity index is 1320. The van der Waals surface area contributed by atoms with E-state index >= 15 is 0 Å². The molecule has 260 valence electrons. The molecule has 1 aromatic carbocycles. The van der Waals surface area contributed by atoms with E-state index in [0.717, 1.165) is 61.5 Å². The smallest absolute Gasteiger partial charge is 0.158 e. The molecule has 0 N–H and O–H groups in total. The van der Waals surface area contributed by atoms with Crippen molar-refractivity contribution in [2.75, 3.05) is 111 Å². The quantitative estimate of drug-likeness (QED) is 0.0697. The van der Waals surface area contributed by atoms with Crippen LogP contribution in [-0.4, -0.2) is 115 Å². The maximum absolute atomic E-state index is 9.59. The van der Waals surface area contributed by atoms with Gasteiger partial charge in [-0.1, -0.05) is 13.8 Å². The highest BCUT2D eigenvalue weighted by molar-refractivity contribution is 7.16. The molecule has 0 aliphatic heterocycles. The van der Waals surface area contributed by atoms with Crippen LogP contribution in [-0.2, 0) is 14.2 Å². The standard InChI is InChI=1S/C35H56N7O4S/c1-9-40(10-2)14-18-45-22-23-46-20-16-41(15-19-44-21-17-42(11-3,12-4)13-5)32-24-28(6)31(25-33(32)43-8)38-39-35-30(26-36)29(7)34(27-37)47-35/h24-25H,9-23H2,1-8H3/q+1. The maximum atomic E-state index is 9.59. The summed E-state index contributed by atoms with van der Waals surface area (Å²) in [7, 11) is 1.64. The second-order valence-corrected chi connectivity index (χ2v) is 12.3. The third-order valence-electron chi connectivity index (χ3n) is 8.98. The zero-order valence-corrected chi connectivity index (χ0v) is 30.7. The number of hydrogen-bond acceptors (Lipinski definition) is 11. The summed E-state index contributed by atoms with van der Waals surface area (Å²) in [6, 6.07) is 8.19. The second kappa shape index (κ2) is 21.7. The van der Waals surface area contributed by atoms with E-state index in [1.54, 1.807) is 14.0 Å². The molecule has 2 aromatic rings. The SMILES string of the molecule is CCN(CC)CCOCCOCCN(CCOCC[N+](CC)(CC)CC)c1cc(C)c(N=Nc2sc(C#N)c(C)c2C#N)cc1OC. The zero-order chi connectivity index (χ0) is 34.7. The van der Waals surface area contributed by atoms with E-state index in [2.05, 4.69) is 66.8 Å². The van der Waals surface area contributed by atoms with Gasteiger partial charge in [-0.15, -0.1) is 21.6 Å². The van der Waals surface area contributed by atoms with Crippen LogP contribution in [0.2, 0.25) is 0 Å². The molecule has 0 bridgehead atoms. The third kappa shape index (κ3) is 12.1. The molecule has 0 amide bonds. The van der Waals surface area contributed by atoms with Gasteiger partial charge in [0.1, 0.15) is 29.3 Å². The maximum Gasteiger partial charge on any atom is 0.158 e. The Morgan fingerprint density at radius 1 is 0.787 bits per heavy atom. The number of benzene rings is 1. The van der Waals surface area contributed by atoms with Crippen LogP contribution in [0.4, 0.5) is 16.4 Å². The number of methoxy groups -OCH3 is 1. The Morgan fingerprint density at radius 2 is 1.38 bits per heavy atom. The number of quaternary nitrogens is 1. The van der Waals surface area contributed by atoms with Crippen LogP contribution in [0.25, 0.3) is 0 Å². The lowest BCUT2D eigenvalue weighted by Crippen LogP contribution is -2.49. The number of rotatable bonds is 24. The molecule has 12 heteroatoms. The lowest BCUT2D eigenvalue weighted by Gasteiger charge is -2.35. The van der Waals surface area contributed by atoms with Gasteiger partial charge in [0.25, 0.3) is 0 Å². The molecule has 0 spiro atoms. The fourth-order valence-corrected chi connectivity index (χ4v) is 6.23. The van der Waals surface area contributed by atoms with Gasteiger partial charge in [0.15, 0.2) is 5.00 Å². The van der Waals surface area contributed by atoms with Gasteiger partial charge in [-0.3, -0.25) is 0 Å². The van der Waals surface area contributed by atoms with E-state index in [0.29, 0.717) is 85.2 Å². The lowest BCUT2D eigenvalue weighted by molar-refractivity contribution is -0.923. The van der Waals surface area contributed by atoms with E-state index in [9.17, 15) is 10.5 Å². The number of nitrogens with zero attached hydrogens (tertiary/aromatic N) is 7. The fraction of sp³-hybridized carbons (Fsp3) is 0.657. The number of thiophene rings is 1. The van der Waals surface area contributed by atoms with Gasteiger partial charge < -0.3 is 33.2 Å². The van der Waals surface area contributed by atoms with E-state index in [1.807, 2.05) is 19.1 Å². The zero-order valence-electron chi connectivity index (χ0n) is 29.9. The highest BCUT2D eigenvalue weighted by Crippen LogP contribution is 2.38. The highest BCUT2D eigenvalue weighted by atomic mass is 32.1. The van der Waals surface area contributed by atoms with Crippen LogP contribution in [0, 0.1) is 36.5 Å². The largest absolute Gasteiger partial charge is 0.495 e. The molecular formula is C35H56N7O4S+. The Morgan fingerprint density at radius 3 is 1.91 bits per heavy atom. The van der Waals surface area contributed by atoms with Crippen molar-refractivity contribution in [2.24, 2.45) is 10.2 Å². The lowest BCUT2D eigenvalue weighted by atomic mass is 10.1. The number of aryl methyl sites for hydroxylation is 1. The van der Waals surface area contributed by atoms with Crippen LogP contribution in [0.1, 0.15) is 56.2 Å². The van der Waals surface area contributed by atoms with E-state index in [-0.39, 0.29) is 0 Å². The molecule has 1 aromatic heterocycles. The van der Waals surface area contributed by atoms with Crippen molar-refractivity contribution in [3.05, 3.63) is 33.7 Å². The molecule has 0 fully saturated rings. The van der Waals surface area contributed by atoms with Crippen LogP contribution in [0.15, 0.2) is 22.4 Å². The molecule has 0 radical (unpaired) electrons. The molecule has 0 aliphatic rings. The van der Waals surface area contributed by atoms with Crippen LogP contribution >= 0.6 is 11.3 Å². The summed E-state index contributed by atoms with van der Waals surface area (Å²) in [6.07, 6.45) is 0. The predicted octanol–water partition coefficient (Wildman–Crippen LogP) is 6.61. The summed E-state index contributed by atoms with van der Waals surface area (Å²) in [4.78, 5) is 5.03. The molecule has 0 saturated heterocycles. The first kappa shape index (κ1) is 40.1. The minimum atomic E-state index is 0.379. The van der Waals surface area contributed by atoms with Crippen molar-refractivity contribution in [3.8, 4) is 17.9 Å². The van der Waals surface area contributed by atoms with Crippen molar-refractivity contribution >= 4 is 27.7 Å². The Balaban J connectivity index is 2.15. The predicted molar refractivity (Wildman–Crippen MR) is 190 cm³/mol. The number of likely N-dealkylation sites (N-methyl/N-ethyl adjacent to an activating group) is 2. The van der Waals surface area contributed by atoms with Crippen molar-refractivity contribution < 1.29 is 23.4 Å². The van der Waals surface area contributed by atoms with E-state index in [1.165, 1.54) is 11.3 Å². The first-order valence-electron chi connectivity index (χ1n) is 16.9. The number of ether oxygens (including phenoxy) is 4. The number of nitriles is 2. The van der Waals surface area contributed by atoms with Crippen LogP contribution in [0.3, 0.4) is 0 Å². The molecule has 2 rings (SSSR count). The van der Waals surface area contributed by atoms with Crippen molar-refractivity contribution in [3.63, 3.8) is 0 Å². The average Bonchev–Trinajstić information content (AvgIpc) is 3.41. The molecule has 11 nitrogen and oxygen atoms in total. The Labute approximate surface area is 286 Å². The van der Waals surface area contributed by atoms with Gasteiger partial charge in [0.05, 0.1) is 83.3 Å². The van der Waals surface area contributed by atoms with Crippen molar-refractivity contribution in [1.82, 2.24) is 4.90 Å². The number of azo groups is 1. The van der Waals surface area contributed by atoms with Gasteiger partial charge in [0.2, 0.25) is 0 Å². The van der Waals surface area contributed by atoms with E-state index < -0.39 is 0 Å². The summed E-state index contributed by atoms with van der Waals surface area (Å²) >= 11 is 1.17. The Kier molecular flexibility index (Phi) is 18.5. The average molecular weight is 671 g/mol. The molecule has 0 aliphatic carbocycles. The highest BCUT2D eigenvalue weighted by Gasteiger charge is 2.21. The summed E-state index contributed by atoms with van der Waals surface area (Å²) in [5.74, 6) is 0.656. The summed E-state index contributed by atoms with van der Waals surface area (Å²) in [6.45, 7) is 27.0. The van der Waals surface area contributed by atoms with Gasteiger partial charge in [-0.2, -0.15) is 10.5 Å². The molecule has 47 heavy (non-hydrogen) atoms. The fourth-order valence-electron chi connectivity index (χ4n) is 5.35. The second-order valence-electron chi connectivity index (χ2n) is 11.3. The van der Waals surface area contributed by atoms with Crippen molar-refractivity contribution in [1.29, 1.82) is 10.5 Å². The number of anilines is 1. The van der Waals surface area contributed by atoms with Gasteiger partial charge >= 0.3 is 0 Å². The summed E-state index contributed by atoms with van der Waals surface area (Å²) in [5.41, 5.74) is 3.46. The third-order valence-corrected chi connectivity index (χ3v) is 10.1. The van der Waals surface area contributed by atoms with Gasteiger partial charge in [0, 0.05) is 25.7 Å². The van der Waals surface area contributed by atoms with Crippen molar-refractivity contribution in [2.45, 2.75) is 48.5 Å². The molecule has 0 atom stereocenters. The first-order chi connectivity index (χ1) is 22.8. The van der Waals surface area contributed by atoms with E-state index in [4.69, 9.17) is 18.9 Å². The van der Waals surface area contributed by atoms with Gasteiger partial charge in [-0.05, 0) is 64.9 Å². The summed E-state index contributed by atoms with van der Waals surface area (Å²) in [5, 5.41) is 28.2. The number of hydrogen-bond donors (Lipinski definition) is 0. The monoisotopic (exact) mass is 670 g/mol. The molecule has 1 heterocycles. The Hall–Kier alpha value is -3.10. The van der Waals surface area contributed by atoms with Gasteiger partial charge in [-0.25, -0.2) is 0 Å². The summed E-state index contributed by atoms with van der Waals surface area (Å²) < 4.78 is 24.8. The molecule has 0 saturated carbocycles. The minimum Gasteiger partial charge on any atom is -0.495 e. The molecular weight excluding hydrogens is 614 g/mol. The minimum absolute atomic E-state index is 0.379. The normalized spacial score (nSPS) is 11.7.